The predicted octanol–water partition coefficient (Wildman–Crippen LogP) is 2.95. The Bertz CT molecular complexity index is 778. The zero-order chi connectivity index (χ0) is 19.7. The summed E-state index contributed by atoms with van der Waals surface area (Å²) in [4.78, 5) is 24.8. The number of carbonyl (C=O) groups excluding carboxylic acids is 2. The lowest BCUT2D eigenvalue weighted by molar-refractivity contribution is -0.158. The van der Waals surface area contributed by atoms with Crippen LogP contribution in [0.4, 0.5) is 0 Å². The SMILES string of the molecule is C[C@@H](OC(=O)COc1ccccc1C#N)C(=O)NC12CC3CC(CC(C3)C1)C2. The molecule has 0 spiro atoms. The third-order valence-corrected chi connectivity index (χ3v) is 6.46. The van der Waals surface area contributed by atoms with E-state index in [4.69, 9.17) is 14.7 Å². The van der Waals surface area contributed by atoms with Gasteiger partial charge in [-0.25, -0.2) is 4.79 Å². The van der Waals surface area contributed by atoms with Crippen LogP contribution in [0.1, 0.15) is 51.0 Å². The molecule has 1 amide bonds. The maximum absolute atomic E-state index is 12.7. The van der Waals surface area contributed by atoms with E-state index < -0.39 is 12.1 Å². The highest BCUT2D eigenvalue weighted by Crippen LogP contribution is 2.55. The van der Waals surface area contributed by atoms with Gasteiger partial charge in [-0.2, -0.15) is 5.26 Å². The van der Waals surface area contributed by atoms with Crippen LogP contribution in [-0.2, 0) is 14.3 Å². The summed E-state index contributed by atoms with van der Waals surface area (Å²) in [6.07, 6.45) is 6.22. The molecule has 4 bridgehead atoms. The summed E-state index contributed by atoms with van der Waals surface area (Å²) < 4.78 is 10.6. The fourth-order valence-corrected chi connectivity index (χ4v) is 5.73. The van der Waals surface area contributed by atoms with Gasteiger partial charge in [0, 0.05) is 5.54 Å². The quantitative estimate of drug-likeness (QED) is 0.764. The number of nitrogens with one attached hydrogen (secondary N) is 1. The van der Waals surface area contributed by atoms with Crippen molar-refractivity contribution >= 4 is 11.9 Å². The second-order valence-electron chi connectivity index (χ2n) is 8.72. The fourth-order valence-electron chi connectivity index (χ4n) is 5.73. The minimum atomic E-state index is -0.865. The van der Waals surface area contributed by atoms with Crippen molar-refractivity contribution in [3.8, 4) is 11.8 Å². The number of esters is 1. The van der Waals surface area contributed by atoms with Crippen molar-refractivity contribution in [2.24, 2.45) is 17.8 Å². The van der Waals surface area contributed by atoms with Crippen LogP contribution in [0.15, 0.2) is 24.3 Å². The second kappa shape index (κ2) is 7.46. The van der Waals surface area contributed by atoms with Crippen LogP contribution >= 0.6 is 0 Å². The summed E-state index contributed by atoms with van der Waals surface area (Å²) in [5.41, 5.74) is 0.247. The van der Waals surface area contributed by atoms with E-state index in [0.717, 1.165) is 37.0 Å². The Hall–Kier alpha value is -2.55. The molecule has 4 aliphatic rings. The molecule has 1 aromatic carbocycles. The largest absolute Gasteiger partial charge is 0.481 e. The van der Waals surface area contributed by atoms with Crippen molar-refractivity contribution < 1.29 is 19.1 Å². The molecule has 0 saturated heterocycles. The van der Waals surface area contributed by atoms with Crippen molar-refractivity contribution in [3.63, 3.8) is 0 Å². The van der Waals surface area contributed by atoms with Crippen LogP contribution in [0.25, 0.3) is 0 Å². The second-order valence-corrected chi connectivity index (χ2v) is 8.72. The third-order valence-electron chi connectivity index (χ3n) is 6.46. The predicted molar refractivity (Wildman–Crippen MR) is 101 cm³/mol. The molecule has 0 aliphatic heterocycles. The number of hydrogen-bond acceptors (Lipinski definition) is 5. The van der Waals surface area contributed by atoms with Crippen LogP contribution in [0.5, 0.6) is 5.75 Å². The number of para-hydroxylation sites is 1. The number of carbonyl (C=O) groups is 2. The highest BCUT2D eigenvalue weighted by molar-refractivity contribution is 5.84. The molecule has 4 fully saturated rings. The number of nitriles is 1. The maximum Gasteiger partial charge on any atom is 0.344 e. The van der Waals surface area contributed by atoms with Crippen LogP contribution in [0, 0.1) is 29.1 Å². The molecule has 28 heavy (non-hydrogen) atoms. The Morgan fingerprint density at radius 3 is 2.39 bits per heavy atom. The van der Waals surface area contributed by atoms with Crippen LogP contribution in [0.3, 0.4) is 0 Å². The molecule has 1 N–H and O–H groups in total. The highest BCUT2D eigenvalue weighted by Gasteiger charge is 2.51. The van der Waals surface area contributed by atoms with E-state index in [-0.39, 0.29) is 18.1 Å². The van der Waals surface area contributed by atoms with Gasteiger partial charge in [-0.3, -0.25) is 4.79 Å². The molecule has 1 atom stereocenters. The summed E-state index contributed by atoms with van der Waals surface area (Å²) in [6, 6.07) is 8.69. The molecular formula is C22H26N2O4. The molecule has 4 saturated carbocycles. The average molecular weight is 382 g/mol. The van der Waals surface area contributed by atoms with Crippen molar-refractivity contribution in [2.75, 3.05) is 6.61 Å². The number of benzene rings is 1. The van der Waals surface area contributed by atoms with Crippen LogP contribution in [0.2, 0.25) is 0 Å². The Morgan fingerprint density at radius 2 is 1.79 bits per heavy atom. The molecule has 5 rings (SSSR count). The van der Waals surface area contributed by atoms with E-state index in [1.807, 2.05) is 6.07 Å². The zero-order valence-electron chi connectivity index (χ0n) is 16.1. The van der Waals surface area contributed by atoms with Gasteiger partial charge in [0.2, 0.25) is 0 Å². The van der Waals surface area contributed by atoms with Crippen molar-refractivity contribution in [2.45, 2.75) is 57.1 Å². The minimum Gasteiger partial charge on any atom is -0.481 e. The maximum atomic E-state index is 12.7. The molecule has 0 heterocycles. The standard InChI is InChI=1S/C22H26N2O4/c1-14(28-20(25)13-27-19-5-3-2-4-18(19)12-23)21(26)24-22-9-15-6-16(10-22)8-17(7-15)11-22/h2-5,14-17H,6-11,13H2,1H3,(H,24,26)/t14-,15?,16?,17?,22?/m1/s1. The minimum absolute atomic E-state index is 0.102. The van der Waals surface area contributed by atoms with Gasteiger partial charge in [0.15, 0.2) is 12.7 Å². The Labute approximate surface area is 165 Å². The monoisotopic (exact) mass is 382 g/mol. The fraction of sp³-hybridized carbons (Fsp3) is 0.591. The lowest BCUT2D eigenvalue weighted by atomic mass is 9.53. The lowest BCUT2D eigenvalue weighted by Gasteiger charge is -2.57. The molecule has 4 aliphatic carbocycles. The zero-order valence-corrected chi connectivity index (χ0v) is 16.1. The van der Waals surface area contributed by atoms with E-state index in [2.05, 4.69) is 5.32 Å². The average Bonchev–Trinajstić information content (AvgIpc) is 2.65. The summed E-state index contributed by atoms with van der Waals surface area (Å²) in [5.74, 6) is 1.68. The Kier molecular flexibility index (Phi) is 5.01. The number of hydrogen-bond donors (Lipinski definition) is 1. The van der Waals surface area contributed by atoms with Crippen LogP contribution < -0.4 is 10.1 Å². The smallest absolute Gasteiger partial charge is 0.344 e. The van der Waals surface area contributed by atoms with E-state index in [1.54, 1.807) is 31.2 Å². The Balaban J connectivity index is 1.29. The number of rotatable bonds is 6. The summed E-state index contributed by atoms with van der Waals surface area (Å²) in [7, 11) is 0. The first-order valence-electron chi connectivity index (χ1n) is 10.1. The number of nitrogens with zero attached hydrogens (tertiary/aromatic N) is 1. The first-order chi connectivity index (χ1) is 13.5. The number of amides is 1. The van der Waals surface area contributed by atoms with E-state index >= 15 is 0 Å². The van der Waals surface area contributed by atoms with Gasteiger partial charge in [-0.15, -0.1) is 0 Å². The first-order valence-corrected chi connectivity index (χ1v) is 10.1. The molecule has 0 unspecified atom stereocenters. The molecular weight excluding hydrogens is 356 g/mol. The van der Waals surface area contributed by atoms with Crippen molar-refractivity contribution in [3.05, 3.63) is 29.8 Å². The molecule has 148 valence electrons. The molecule has 0 aromatic heterocycles. The molecule has 0 radical (unpaired) electrons. The Morgan fingerprint density at radius 1 is 1.18 bits per heavy atom. The van der Waals surface area contributed by atoms with E-state index in [1.165, 1.54) is 19.3 Å². The normalized spacial score (nSPS) is 30.9. The van der Waals surface area contributed by atoms with E-state index in [0.29, 0.717) is 11.3 Å². The number of ether oxygens (including phenoxy) is 2. The molecule has 6 heteroatoms. The summed E-state index contributed by atoms with van der Waals surface area (Å²) >= 11 is 0. The van der Waals surface area contributed by atoms with Crippen molar-refractivity contribution in [1.29, 1.82) is 5.26 Å². The van der Waals surface area contributed by atoms with Gasteiger partial charge in [0.1, 0.15) is 11.8 Å². The molecule has 6 nitrogen and oxygen atoms in total. The van der Waals surface area contributed by atoms with Gasteiger partial charge in [0.25, 0.3) is 5.91 Å². The summed E-state index contributed by atoms with van der Waals surface area (Å²) in [5, 5.41) is 12.3. The topological polar surface area (TPSA) is 88.4 Å². The van der Waals surface area contributed by atoms with Gasteiger partial charge < -0.3 is 14.8 Å². The van der Waals surface area contributed by atoms with Gasteiger partial charge in [0.05, 0.1) is 5.56 Å². The molecule has 1 aromatic rings. The lowest BCUT2D eigenvalue weighted by Crippen LogP contribution is -2.61. The first kappa shape index (κ1) is 18.8. The van der Waals surface area contributed by atoms with Crippen LogP contribution in [-0.4, -0.2) is 30.1 Å². The van der Waals surface area contributed by atoms with Crippen molar-refractivity contribution in [1.82, 2.24) is 5.32 Å². The van der Waals surface area contributed by atoms with Gasteiger partial charge >= 0.3 is 5.97 Å². The van der Waals surface area contributed by atoms with Gasteiger partial charge in [-0.05, 0) is 75.3 Å². The highest BCUT2D eigenvalue weighted by atomic mass is 16.6. The van der Waals surface area contributed by atoms with E-state index in [9.17, 15) is 9.59 Å². The summed E-state index contributed by atoms with van der Waals surface area (Å²) in [6.45, 7) is 1.25. The third kappa shape index (κ3) is 3.84. The van der Waals surface area contributed by atoms with Gasteiger partial charge in [-0.1, -0.05) is 12.1 Å².